The van der Waals surface area contributed by atoms with Crippen molar-refractivity contribution in [2.45, 2.75) is 32.0 Å². The Morgan fingerprint density at radius 2 is 2.05 bits per heavy atom. The second-order valence-corrected chi connectivity index (χ2v) is 5.07. The van der Waals surface area contributed by atoms with E-state index in [1.165, 1.54) is 12.1 Å². The number of ether oxygens (including phenoxy) is 1. The van der Waals surface area contributed by atoms with Gasteiger partial charge in [-0.05, 0) is 37.1 Å². The third kappa shape index (κ3) is 7.64. The maximum absolute atomic E-state index is 13.4. The molecule has 0 aliphatic rings. The summed E-state index contributed by atoms with van der Waals surface area (Å²) in [7, 11) is 0. The Labute approximate surface area is 126 Å². The largest absolute Gasteiger partial charge is 0.411 e. The molecule has 0 spiro atoms. The average molecular weight is 328 g/mol. The number of hydrogen-bond donors (Lipinski definition) is 1. The van der Waals surface area contributed by atoms with Crippen LogP contribution in [-0.2, 0) is 11.2 Å². The molecule has 0 radical (unpaired) electrons. The van der Waals surface area contributed by atoms with E-state index in [0.29, 0.717) is 19.4 Å². The molecule has 1 rings (SSSR count). The van der Waals surface area contributed by atoms with Crippen LogP contribution in [-0.4, -0.2) is 32.0 Å². The molecule has 0 saturated carbocycles. The number of alkyl halides is 3. The molecule has 1 aromatic rings. The summed E-state index contributed by atoms with van der Waals surface area (Å²) in [6.45, 7) is 1.31. The van der Waals surface area contributed by atoms with Crippen LogP contribution in [0.3, 0.4) is 0 Å². The summed E-state index contributed by atoms with van der Waals surface area (Å²) in [5.74, 6) is -0.502. The van der Waals surface area contributed by atoms with Gasteiger partial charge in [-0.25, -0.2) is 4.39 Å². The lowest BCUT2D eigenvalue weighted by Crippen LogP contribution is -2.32. The Morgan fingerprint density at radius 3 is 2.62 bits per heavy atom. The summed E-state index contributed by atoms with van der Waals surface area (Å²) >= 11 is 5.61. The minimum atomic E-state index is -4.31. The van der Waals surface area contributed by atoms with Crippen LogP contribution in [0.5, 0.6) is 0 Å². The fraction of sp³-hybridized carbons (Fsp3) is 0.571. The van der Waals surface area contributed by atoms with Crippen molar-refractivity contribution < 1.29 is 22.3 Å². The summed E-state index contributed by atoms with van der Waals surface area (Å²) in [6.07, 6.45) is -3.40. The first kappa shape index (κ1) is 18.2. The summed E-state index contributed by atoms with van der Waals surface area (Å²) in [6, 6.07) is 4.43. The lowest BCUT2D eigenvalue weighted by atomic mass is 10.0. The van der Waals surface area contributed by atoms with E-state index in [9.17, 15) is 17.6 Å². The molecule has 0 aliphatic carbocycles. The lowest BCUT2D eigenvalue weighted by Gasteiger charge is -2.18. The van der Waals surface area contributed by atoms with Crippen LogP contribution in [0, 0.1) is 5.82 Å². The quantitative estimate of drug-likeness (QED) is 0.576. The number of likely N-dealkylation sites (N-methyl/N-ethyl adjacent to an activating group) is 1. The normalized spacial score (nSPS) is 13.4. The predicted molar refractivity (Wildman–Crippen MR) is 74.1 cm³/mol. The number of nitrogens with one attached hydrogen (secondary N) is 1. The molecule has 0 amide bonds. The van der Waals surface area contributed by atoms with Crippen molar-refractivity contribution in [2.24, 2.45) is 0 Å². The van der Waals surface area contributed by atoms with Gasteiger partial charge in [0, 0.05) is 12.6 Å². The molecule has 0 bridgehead atoms. The van der Waals surface area contributed by atoms with Gasteiger partial charge in [-0.15, -0.1) is 0 Å². The third-order valence-electron chi connectivity index (χ3n) is 2.84. The van der Waals surface area contributed by atoms with Crippen LogP contribution in [0.1, 0.15) is 18.9 Å². The molecule has 0 aliphatic heterocycles. The Bertz CT molecular complexity index is 439. The van der Waals surface area contributed by atoms with Crippen molar-refractivity contribution in [3.05, 3.63) is 34.6 Å². The van der Waals surface area contributed by atoms with Crippen molar-refractivity contribution in [3.8, 4) is 0 Å². The van der Waals surface area contributed by atoms with Crippen LogP contribution in [0.2, 0.25) is 5.02 Å². The molecule has 2 nitrogen and oxygen atoms in total. The molecule has 1 atom stereocenters. The molecule has 21 heavy (non-hydrogen) atoms. The van der Waals surface area contributed by atoms with Crippen molar-refractivity contribution >= 4 is 11.6 Å². The van der Waals surface area contributed by atoms with Crippen molar-refractivity contribution in [2.75, 3.05) is 19.8 Å². The number of rotatable bonds is 8. The van der Waals surface area contributed by atoms with E-state index >= 15 is 0 Å². The number of halogens is 5. The summed E-state index contributed by atoms with van der Waals surface area (Å²) in [5, 5.41) is 3.19. The molecule has 120 valence electrons. The molecule has 0 fully saturated rings. The molecule has 1 unspecified atom stereocenters. The van der Waals surface area contributed by atoms with Crippen LogP contribution in [0.15, 0.2) is 18.2 Å². The van der Waals surface area contributed by atoms with E-state index in [2.05, 4.69) is 10.1 Å². The zero-order chi connectivity index (χ0) is 15.9. The molecule has 1 aromatic carbocycles. The standard InChI is InChI=1S/C14H18ClF4NO/c1-2-20-11(5-6-21-9-14(17,18)19)7-10-3-4-12(15)13(16)8-10/h3-4,8,11,20H,2,5-7,9H2,1H3. The Morgan fingerprint density at radius 1 is 1.33 bits per heavy atom. The van der Waals surface area contributed by atoms with E-state index in [1.807, 2.05) is 6.92 Å². The van der Waals surface area contributed by atoms with Gasteiger partial charge in [0.1, 0.15) is 12.4 Å². The first-order chi connectivity index (χ1) is 9.81. The monoisotopic (exact) mass is 327 g/mol. The molecule has 0 saturated heterocycles. The lowest BCUT2D eigenvalue weighted by molar-refractivity contribution is -0.174. The van der Waals surface area contributed by atoms with Gasteiger partial charge >= 0.3 is 6.18 Å². The Kier molecular flexibility index (Phi) is 7.42. The molecule has 1 N–H and O–H groups in total. The highest BCUT2D eigenvalue weighted by Gasteiger charge is 2.27. The van der Waals surface area contributed by atoms with E-state index in [-0.39, 0.29) is 17.7 Å². The predicted octanol–water partition coefficient (Wildman–Crippen LogP) is 3.97. The van der Waals surface area contributed by atoms with E-state index in [4.69, 9.17) is 11.6 Å². The van der Waals surface area contributed by atoms with E-state index < -0.39 is 18.6 Å². The van der Waals surface area contributed by atoms with Crippen LogP contribution in [0.25, 0.3) is 0 Å². The van der Waals surface area contributed by atoms with Crippen LogP contribution >= 0.6 is 11.6 Å². The topological polar surface area (TPSA) is 21.3 Å². The first-order valence-electron chi connectivity index (χ1n) is 6.63. The maximum Gasteiger partial charge on any atom is 0.411 e. The SMILES string of the molecule is CCNC(CCOCC(F)(F)F)Cc1ccc(Cl)c(F)c1. The Balaban J connectivity index is 2.47. The summed E-state index contributed by atoms with van der Waals surface area (Å²) < 4.78 is 53.8. The van der Waals surface area contributed by atoms with Gasteiger partial charge in [0.25, 0.3) is 0 Å². The second kappa shape index (κ2) is 8.56. The fourth-order valence-corrected chi connectivity index (χ4v) is 2.05. The highest BCUT2D eigenvalue weighted by Crippen LogP contribution is 2.18. The fourth-order valence-electron chi connectivity index (χ4n) is 1.93. The van der Waals surface area contributed by atoms with Gasteiger partial charge < -0.3 is 10.1 Å². The first-order valence-corrected chi connectivity index (χ1v) is 7.01. The van der Waals surface area contributed by atoms with Crippen molar-refractivity contribution in [1.29, 1.82) is 0 Å². The van der Waals surface area contributed by atoms with Crippen LogP contribution < -0.4 is 5.32 Å². The number of benzene rings is 1. The minimum Gasteiger partial charge on any atom is -0.372 e. The van der Waals surface area contributed by atoms with Gasteiger partial charge in [0.05, 0.1) is 5.02 Å². The Hall–Kier alpha value is -0.850. The van der Waals surface area contributed by atoms with Crippen molar-refractivity contribution in [1.82, 2.24) is 5.32 Å². The third-order valence-corrected chi connectivity index (χ3v) is 3.14. The van der Waals surface area contributed by atoms with E-state index in [1.54, 1.807) is 6.07 Å². The molecular weight excluding hydrogens is 310 g/mol. The zero-order valence-corrected chi connectivity index (χ0v) is 12.4. The molecular formula is C14H18ClF4NO. The van der Waals surface area contributed by atoms with Gasteiger partial charge in [0.15, 0.2) is 0 Å². The zero-order valence-electron chi connectivity index (χ0n) is 11.6. The highest BCUT2D eigenvalue weighted by molar-refractivity contribution is 6.30. The minimum absolute atomic E-state index is 0.00670. The van der Waals surface area contributed by atoms with E-state index in [0.717, 1.165) is 5.56 Å². The van der Waals surface area contributed by atoms with Crippen molar-refractivity contribution in [3.63, 3.8) is 0 Å². The smallest absolute Gasteiger partial charge is 0.372 e. The average Bonchev–Trinajstić information content (AvgIpc) is 2.38. The summed E-state index contributed by atoms with van der Waals surface area (Å²) in [5.41, 5.74) is 0.735. The second-order valence-electron chi connectivity index (χ2n) is 4.66. The van der Waals surface area contributed by atoms with Gasteiger partial charge in [-0.1, -0.05) is 24.6 Å². The highest BCUT2D eigenvalue weighted by atomic mass is 35.5. The molecule has 0 heterocycles. The maximum atomic E-state index is 13.4. The summed E-state index contributed by atoms with van der Waals surface area (Å²) in [4.78, 5) is 0. The molecule has 7 heteroatoms. The van der Waals surface area contributed by atoms with Gasteiger partial charge in [-0.2, -0.15) is 13.2 Å². The van der Waals surface area contributed by atoms with Crippen LogP contribution in [0.4, 0.5) is 17.6 Å². The van der Waals surface area contributed by atoms with Gasteiger partial charge in [-0.3, -0.25) is 0 Å². The number of hydrogen-bond acceptors (Lipinski definition) is 2. The molecule has 0 aromatic heterocycles. The van der Waals surface area contributed by atoms with Gasteiger partial charge in [0.2, 0.25) is 0 Å².